The predicted octanol–water partition coefficient (Wildman–Crippen LogP) is 2.25. The van der Waals surface area contributed by atoms with Crippen molar-refractivity contribution in [3.05, 3.63) is 34.3 Å². The van der Waals surface area contributed by atoms with Crippen LogP contribution in [0.25, 0.3) is 0 Å². The Bertz CT molecular complexity index is 535. The van der Waals surface area contributed by atoms with Gasteiger partial charge in [-0.2, -0.15) is 11.8 Å². The normalized spacial score (nSPS) is 11.6. The maximum Gasteiger partial charge on any atom is 0.309 e. The number of hydrogen-bond donors (Lipinski definition) is 1. The Labute approximate surface area is 135 Å². The molecule has 1 aromatic rings. The third kappa shape index (κ3) is 5.89. The summed E-state index contributed by atoms with van der Waals surface area (Å²) in [4.78, 5) is 34.7. The van der Waals surface area contributed by atoms with Gasteiger partial charge in [-0.3, -0.25) is 19.7 Å². The molecule has 0 saturated carbocycles. The summed E-state index contributed by atoms with van der Waals surface area (Å²) in [5.41, 5.74) is 0.402. The number of hydrogen-bond acceptors (Lipinski definition) is 5. The summed E-state index contributed by atoms with van der Waals surface area (Å²) in [6.07, 6.45) is 0. The molecule has 1 N–H and O–H groups in total. The Morgan fingerprint density at radius 3 is 2.62 bits per heavy atom. The molecule has 21 heavy (non-hydrogen) atoms. The molecule has 0 spiro atoms. The maximum absolute atomic E-state index is 11.9. The third-order valence-electron chi connectivity index (χ3n) is 2.58. The van der Waals surface area contributed by atoms with Crippen LogP contribution in [0.15, 0.2) is 28.7 Å². The minimum absolute atomic E-state index is 0.109. The molecule has 0 saturated heterocycles. The van der Waals surface area contributed by atoms with Crippen LogP contribution < -0.4 is 5.32 Å². The fourth-order valence-electron chi connectivity index (χ4n) is 1.47. The van der Waals surface area contributed by atoms with E-state index >= 15 is 0 Å². The van der Waals surface area contributed by atoms with Crippen LogP contribution in [0.4, 0.5) is 0 Å². The smallest absolute Gasteiger partial charge is 0.309 e. The minimum atomic E-state index is -0.450. The van der Waals surface area contributed by atoms with E-state index in [1.807, 2.05) is 0 Å². The summed E-state index contributed by atoms with van der Waals surface area (Å²) in [5, 5.41) is 2.31. The number of nitrogens with one attached hydrogen (secondary N) is 1. The maximum atomic E-state index is 11.9. The monoisotopic (exact) mass is 373 g/mol. The van der Waals surface area contributed by atoms with E-state index in [4.69, 9.17) is 0 Å². The summed E-state index contributed by atoms with van der Waals surface area (Å²) in [7, 11) is 1.33. The fraction of sp³-hybridized carbons (Fsp3) is 0.357. The number of carbonyl (C=O) groups excluding carboxylic acids is 3. The van der Waals surface area contributed by atoms with Gasteiger partial charge in [-0.15, -0.1) is 0 Å². The number of amides is 2. The van der Waals surface area contributed by atoms with Gasteiger partial charge in [-0.05, 0) is 28.1 Å². The Hall–Kier alpha value is -1.34. The van der Waals surface area contributed by atoms with E-state index in [1.165, 1.54) is 18.9 Å². The van der Waals surface area contributed by atoms with Crippen molar-refractivity contribution < 1.29 is 19.1 Å². The number of methoxy groups -OCH3 is 1. The molecule has 0 heterocycles. The fourth-order valence-corrected chi connectivity index (χ4v) is 2.80. The zero-order valence-electron chi connectivity index (χ0n) is 11.7. The molecule has 1 rings (SSSR count). The van der Waals surface area contributed by atoms with Crippen molar-refractivity contribution in [1.29, 1.82) is 0 Å². The van der Waals surface area contributed by atoms with Gasteiger partial charge in [-0.25, -0.2) is 0 Å². The summed E-state index contributed by atoms with van der Waals surface area (Å²) in [6, 6.07) is 6.86. The predicted molar refractivity (Wildman–Crippen MR) is 85.1 cm³/mol. The Balaban J connectivity index is 2.39. The minimum Gasteiger partial charge on any atom is -0.469 e. The molecule has 0 bridgehead atoms. The lowest BCUT2D eigenvalue weighted by Gasteiger charge is -2.09. The van der Waals surface area contributed by atoms with E-state index in [-0.39, 0.29) is 17.6 Å². The number of carbonyl (C=O) groups is 3. The number of ether oxygens (including phenoxy) is 1. The van der Waals surface area contributed by atoms with Crippen LogP contribution in [0.3, 0.4) is 0 Å². The standard InChI is InChI=1S/C14H16BrNO4S/c1-9(14(19)20-2)7-21-8-12(17)16-13(18)10-5-3-4-6-11(10)15/h3-6,9H,7-8H2,1-2H3,(H,16,17,18). The first-order chi connectivity index (χ1) is 9.95. The van der Waals surface area contributed by atoms with Gasteiger partial charge in [0.2, 0.25) is 5.91 Å². The topological polar surface area (TPSA) is 72.5 Å². The van der Waals surface area contributed by atoms with Gasteiger partial charge in [-0.1, -0.05) is 19.1 Å². The molecule has 0 aromatic heterocycles. The first-order valence-electron chi connectivity index (χ1n) is 6.20. The molecule has 0 aliphatic rings. The Kier molecular flexibility index (Phi) is 7.45. The largest absolute Gasteiger partial charge is 0.469 e. The van der Waals surface area contributed by atoms with Crippen LogP contribution >= 0.6 is 27.7 Å². The van der Waals surface area contributed by atoms with E-state index < -0.39 is 11.8 Å². The lowest BCUT2D eigenvalue weighted by Crippen LogP contribution is -2.32. The van der Waals surface area contributed by atoms with E-state index in [2.05, 4.69) is 26.0 Å². The first kappa shape index (κ1) is 17.7. The van der Waals surface area contributed by atoms with Crippen molar-refractivity contribution in [3.63, 3.8) is 0 Å². The van der Waals surface area contributed by atoms with Crippen molar-refractivity contribution in [1.82, 2.24) is 5.32 Å². The van der Waals surface area contributed by atoms with E-state index in [9.17, 15) is 14.4 Å². The van der Waals surface area contributed by atoms with Crippen molar-refractivity contribution in [2.24, 2.45) is 5.92 Å². The SMILES string of the molecule is COC(=O)C(C)CSCC(=O)NC(=O)c1ccccc1Br. The van der Waals surface area contributed by atoms with Crippen LogP contribution in [0.5, 0.6) is 0 Å². The number of benzene rings is 1. The highest BCUT2D eigenvalue weighted by Gasteiger charge is 2.16. The summed E-state index contributed by atoms with van der Waals surface area (Å²) >= 11 is 4.53. The van der Waals surface area contributed by atoms with Crippen LogP contribution in [0.1, 0.15) is 17.3 Å². The average Bonchev–Trinajstić information content (AvgIpc) is 2.46. The summed E-state index contributed by atoms with van der Waals surface area (Å²) < 4.78 is 5.22. The van der Waals surface area contributed by atoms with Crippen LogP contribution in [-0.4, -0.2) is 36.4 Å². The van der Waals surface area contributed by atoms with Crippen molar-refractivity contribution >= 4 is 45.5 Å². The molecule has 2 amide bonds. The highest BCUT2D eigenvalue weighted by Crippen LogP contribution is 2.15. The summed E-state index contributed by atoms with van der Waals surface area (Å²) in [5.74, 6) is -0.869. The second-order valence-electron chi connectivity index (χ2n) is 4.30. The highest BCUT2D eigenvalue weighted by atomic mass is 79.9. The van der Waals surface area contributed by atoms with Gasteiger partial charge in [0.1, 0.15) is 0 Å². The second-order valence-corrected chi connectivity index (χ2v) is 6.18. The number of esters is 1. The molecule has 1 aromatic carbocycles. The van der Waals surface area contributed by atoms with Gasteiger partial charge < -0.3 is 4.74 Å². The molecular weight excluding hydrogens is 358 g/mol. The average molecular weight is 374 g/mol. The van der Waals surface area contributed by atoms with Gasteiger partial charge in [0.25, 0.3) is 5.91 Å². The lowest BCUT2D eigenvalue weighted by molar-refractivity contribution is -0.144. The molecule has 5 nitrogen and oxygen atoms in total. The van der Waals surface area contributed by atoms with Gasteiger partial charge >= 0.3 is 5.97 Å². The zero-order valence-corrected chi connectivity index (χ0v) is 14.1. The van der Waals surface area contributed by atoms with Crippen molar-refractivity contribution in [2.45, 2.75) is 6.92 Å². The lowest BCUT2D eigenvalue weighted by atomic mass is 10.2. The number of thioether (sulfide) groups is 1. The highest BCUT2D eigenvalue weighted by molar-refractivity contribution is 9.10. The van der Waals surface area contributed by atoms with Gasteiger partial charge in [0, 0.05) is 10.2 Å². The molecule has 7 heteroatoms. The van der Waals surface area contributed by atoms with Gasteiger partial charge in [0.15, 0.2) is 0 Å². The molecular formula is C14H16BrNO4S. The quantitative estimate of drug-likeness (QED) is 0.774. The number of imide groups is 1. The van der Waals surface area contributed by atoms with E-state index in [0.29, 0.717) is 15.8 Å². The molecule has 0 aliphatic heterocycles. The Morgan fingerprint density at radius 1 is 1.33 bits per heavy atom. The van der Waals surface area contributed by atoms with Crippen LogP contribution in [0.2, 0.25) is 0 Å². The zero-order chi connectivity index (χ0) is 15.8. The molecule has 0 aliphatic carbocycles. The van der Waals surface area contributed by atoms with Crippen molar-refractivity contribution in [3.8, 4) is 0 Å². The molecule has 0 radical (unpaired) electrons. The third-order valence-corrected chi connectivity index (χ3v) is 4.47. The first-order valence-corrected chi connectivity index (χ1v) is 8.14. The molecule has 1 unspecified atom stereocenters. The number of halogens is 1. The number of rotatable bonds is 6. The van der Waals surface area contributed by atoms with Crippen molar-refractivity contribution in [2.75, 3.05) is 18.6 Å². The summed E-state index contributed by atoms with van der Waals surface area (Å²) in [6.45, 7) is 1.73. The van der Waals surface area contributed by atoms with Crippen LogP contribution in [-0.2, 0) is 14.3 Å². The molecule has 114 valence electrons. The Morgan fingerprint density at radius 2 is 2.00 bits per heavy atom. The van der Waals surface area contributed by atoms with E-state index in [1.54, 1.807) is 31.2 Å². The van der Waals surface area contributed by atoms with E-state index in [0.717, 1.165) is 0 Å². The van der Waals surface area contributed by atoms with Gasteiger partial charge in [0.05, 0.1) is 24.3 Å². The second kappa shape index (κ2) is 8.84. The molecule has 1 atom stereocenters. The van der Waals surface area contributed by atoms with Crippen LogP contribution in [0, 0.1) is 5.92 Å². The molecule has 0 fully saturated rings.